The first-order chi connectivity index (χ1) is 33.6. The number of carbonyl (C=O) groups excluding carboxylic acids is 3. The summed E-state index contributed by atoms with van der Waals surface area (Å²) in [6.45, 7) is 14.1. The summed E-state index contributed by atoms with van der Waals surface area (Å²) in [5, 5.41) is 31.8. The third-order valence-corrected chi connectivity index (χ3v) is 14.2. The number of halogens is 1. The summed E-state index contributed by atoms with van der Waals surface area (Å²) in [4.78, 5) is 58.1. The Hall–Kier alpha value is -7.02. The van der Waals surface area contributed by atoms with Crippen molar-refractivity contribution in [2.75, 3.05) is 13.1 Å². The number of aryl methyl sites for hydroxylation is 3. The lowest BCUT2D eigenvalue weighted by Crippen LogP contribution is -2.49. The molecule has 7 heterocycles. The van der Waals surface area contributed by atoms with Crippen LogP contribution in [0.15, 0.2) is 95.1 Å². The number of ether oxygens (including phenoxy) is 1. The van der Waals surface area contributed by atoms with Gasteiger partial charge in [-0.1, -0.05) is 61.8 Å². The lowest BCUT2D eigenvalue weighted by atomic mass is 9.99. The zero-order chi connectivity index (χ0) is 49.4. The number of nitrogens with zero attached hydrogens (tertiary/aromatic N) is 9. The summed E-state index contributed by atoms with van der Waals surface area (Å²) in [5.41, 5.74) is 7.75. The van der Waals surface area contributed by atoms with Crippen LogP contribution in [0.25, 0.3) is 27.5 Å². The number of thiophene rings is 1. The molecular formula is C51H54ClN11O6S. The molecule has 70 heavy (non-hydrogen) atoms. The predicted octanol–water partition coefficient (Wildman–Crippen LogP) is 7.47. The molecule has 5 aromatic heterocycles. The molecule has 9 rings (SSSR count). The maximum absolute atomic E-state index is 14.3. The van der Waals surface area contributed by atoms with Crippen LogP contribution < -0.4 is 15.4 Å². The highest BCUT2D eigenvalue weighted by Crippen LogP contribution is 2.40. The monoisotopic (exact) mass is 983 g/mol. The van der Waals surface area contributed by atoms with Crippen LogP contribution in [0.4, 0.5) is 0 Å². The second-order valence-corrected chi connectivity index (χ2v) is 19.8. The number of aliphatic hydroxyl groups excluding tert-OH is 1. The van der Waals surface area contributed by atoms with Crippen molar-refractivity contribution in [3.05, 3.63) is 135 Å². The second-order valence-electron chi connectivity index (χ2n) is 18.2. The van der Waals surface area contributed by atoms with Gasteiger partial charge in [0, 0.05) is 70.1 Å². The molecule has 0 saturated carbocycles. The number of aliphatic hydroxyl groups is 1. The van der Waals surface area contributed by atoms with Crippen LogP contribution in [0.1, 0.15) is 90.2 Å². The average molecular weight is 985 g/mol. The topological polar surface area (TPSA) is 208 Å². The number of amides is 3. The number of benzene rings is 2. The molecule has 2 aliphatic rings. The van der Waals surface area contributed by atoms with E-state index in [9.17, 15) is 19.5 Å². The number of fused-ring (bicyclic) bond motifs is 3. The fourth-order valence-electron chi connectivity index (χ4n) is 9.02. The van der Waals surface area contributed by atoms with Crippen LogP contribution >= 0.6 is 22.9 Å². The van der Waals surface area contributed by atoms with E-state index in [2.05, 4.69) is 49.7 Å². The highest BCUT2D eigenvalue weighted by molar-refractivity contribution is 7.15. The molecular weight excluding hydrogens is 930 g/mol. The number of pyridine rings is 1. The first-order valence-corrected chi connectivity index (χ1v) is 24.4. The predicted molar refractivity (Wildman–Crippen MR) is 265 cm³/mol. The Bertz CT molecular complexity index is 3080. The van der Waals surface area contributed by atoms with Crippen molar-refractivity contribution in [3.63, 3.8) is 0 Å². The van der Waals surface area contributed by atoms with Gasteiger partial charge in [0.1, 0.15) is 35.1 Å². The molecule has 5 atom stereocenters. The van der Waals surface area contributed by atoms with Gasteiger partial charge in [-0.15, -0.1) is 21.5 Å². The Morgan fingerprint density at radius 1 is 0.943 bits per heavy atom. The zero-order valence-electron chi connectivity index (χ0n) is 39.9. The number of hydrogen-bond acceptors (Lipinski definition) is 13. The van der Waals surface area contributed by atoms with Gasteiger partial charge in [0.05, 0.1) is 36.7 Å². The van der Waals surface area contributed by atoms with Crippen molar-refractivity contribution in [1.29, 1.82) is 0 Å². The third kappa shape index (κ3) is 9.88. The van der Waals surface area contributed by atoms with Gasteiger partial charge < -0.3 is 29.8 Å². The van der Waals surface area contributed by atoms with Crippen LogP contribution in [0.2, 0.25) is 5.02 Å². The van der Waals surface area contributed by atoms with Gasteiger partial charge in [-0.3, -0.25) is 28.6 Å². The van der Waals surface area contributed by atoms with Crippen molar-refractivity contribution in [1.82, 2.24) is 50.0 Å². The number of hydrogen-bond donors (Lipinski definition) is 3. The fourth-order valence-corrected chi connectivity index (χ4v) is 10.4. The number of carbonyl (C=O) groups is 3. The van der Waals surface area contributed by atoms with Crippen LogP contribution in [-0.4, -0.2) is 99.3 Å². The average Bonchev–Trinajstić information content (AvgIpc) is 4.19. The summed E-state index contributed by atoms with van der Waals surface area (Å²) in [6, 6.07) is 16.5. The highest BCUT2D eigenvalue weighted by atomic mass is 35.5. The number of aliphatic imine (C=N–C) groups is 1. The molecule has 2 aromatic carbocycles. The Morgan fingerprint density at radius 3 is 2.43 bits per heavy atom. The summed E-state index contributed by atoms with van der Waals surface area (Å²) in [6.07, 6.45) is 5.33. The minimum atomic E-state index is -0.853. The SMILES string of the molecule is Cc1ncoc1-c1ccc(CNC(=O)[C@@H]2C[C@@H](O)CN2C(=O)[C@H](C(C)C)n2cc(-c3ccnc(O[C@H](C)CNC(=O)C[C@@H]4N=C(c5ccc(Cl)cc5)c5c(sc(C)c5C)-n5c(C)nnc54)c3)cn2)cc1. The Kier molecular flexibility index (Phi) is 13.8. The lowest BCUT2D eigenvalue weighted by Gasteiger charge is -2.30. The molecule has 1 saturated heterocycles. The van der Waals surface area contributed by atoms with Gasteiger partial charge in [0.2, 0.25) is 23.6 Å². The lowest BCUT2D eigenvalue weighted by molar-refractivity contribution is -0.142. The second kappa shape index (κ2) is 20.1. The molecule has 0 spiro atoms. The van der Waals surface area contributed by atoms with Crippen LogP contribution in [0, 0.1) is 33.6 Å². The number of oxazole rings is 1. The molecule has 0 radical (unpaired) electrons. The van der Waals surface area contributed by atoms with Gasteiger partial charge in [-0.05, 0) is 75.4 Å². The Morgan fingerprint density at radius 2 is 1.70 bits per heavy atom. The minimum absolute atomic E-state index is 0.0279. The maximum Gasteiger partial charge on any atom is 0.248 e. The van der Waals surface area contributed by atoms with Crippen molar-refractivity contribution in [2.45, 2.75) is 98.2 Å². The third-order valence-electron chi connectivity index (χ3n) is 12.8. The molecule has 2 aliphatic heterocycles. The Balaban J connectivity index is 0.831. The van der Waals surface area contributed by atoms with E-state index in [1.54, 1.807) is 40.7 Å². The molecule has 7 aromatic rings. The van der Waals surface area contributed by atoms with Crippen molar-refractivity contribution >= 4 is 46.4 Å². The smallest absolute Gasteiger partial charge is 0.248 e. The number of likely N-dealkylation sites (tertiary alicyclic amines) is 1. The van der Waals surface area contributed by atoms with Crippen LogP contribution in [0.3, 0.4) is 0 Å². The highest BCUT2D eigenvalue weighted by Gasteiger charge is 2.42. The van der Waals surface area contributed by atoms with Gasteiger partial charge in [0.15, 0.2) is 18.0 Å². The molecule has 1 fully saturated rings. The van der Waals surface area contributed by atoms with Gasteiger partial charge in [0.25, 0.3) is 0 Å². The normalized spacial score (nSPS) is 17.4. The minimum Gasteiger partial charge on any atom is -0.473 e. The molecule has 0 aliphatic carbocycles. The van der Waals surface area contributed by atoms with Crippen molar-refractivity contribution < 1.29 is 28.6 Å². The van der Waals surface area contributed by atoms with E-state index in [1.807, 2.05) is 93.8 Å². The fraction of sp³-hybridized carbons (Fsp3) is 0.353. The summed E-state index contributed by atoms with van der Waals surface area (Å²) < 4.78 is 15.3. The van der Waals surface area contributed by atoms with E-state index < -0.39 is 30.3 Å². The molecule has 362 valence electrons. The van der Waals surface area contributed by atoms with E-state index in [-0.39, 0.29) is 56.1 Å². The Labute approximate surface area is 414 Å². The standard InChI is InChI=1S/C51H54ClN11O6S/c1-27(2)46(50(67)61-25-39(64)19-41(61)49(66)55-22-33-8-10-35(11-9-33)47-30(5)56-26-68-47)62-24-37(23-57-62)36-16-17-53-43(18-36)69-28(3)21-54-42(65)20-40-48-60-59-32(7)63(48)51-44(29(4)31(6)70-51)45(58-40)34-12-14-38(52)15-13-34/h8-18,23-24,26-28,39-41,46,64H,19-22,25H2,1-7H3,(H,54,65)(H,55,66)/t28-,39-,40+,41+,46+/m1/s1. The zero-order valence-corrected chi connectivity index (χ0v) is 41.5. The first kappa shape index (κ1) is 48.0. The van der Waals surface area contributed by atoms with Crippen LogP contribution in [0.5, 0.6) is 5.88 Å². The first-order valence-electron chi connectivity index (χ1n) is 23.2. The maximum atomic E-state index is 14.3. The number of nitrogens with one attached hydrogen (secondary N) is 2. The van der Waals surface area contributed by atoms with E-state index in [1.165, 1.54) is 11.3 Å². The van der Waals surface area contributed by atoms with E-state index in [0.717, 1.165) is 60.2 Å². The summed E-state index contributed by atoms with van der Waals surface area (Å²) in [5.74, 6) is 1.23. The van der Waals surface area contributed by atoms with E-state index in [4.69, 9.17) is 25.7 Å². The molecule has 0 unspecified atom stereocenters. The summed E-state index contributed by atoms with van der Waals surface area (Å²) in [7, 11) is 0. The number of rotatable bonds is 15. The molecule has 3 amide bonds. The number of β-amino-alcohol motifs (C(OH)–C–C–N with tert-alkyl or cyclic N) is 1. The van der Waals surface area contributed by atoms with Gasteiger partial charge >= 0.3 is 0 Å². The molecule has 19 heteroatoms. The van der Waals surface area contributed by atoms with Crippen LogP contribution in [-0.2, 0) is 20.9 Å². The molecule has 0 bridgehead atoms. The summed E-state index contributed by atoms with van der Waals surface area (Å²) >= 11 is 7.92. The van der Waals surface area contributed by atoms with E-state index >= 15 is 0 Å². The molecule has 3 N–H and O–H groups in total. The van der Waals surface area contributed by atoms with Crippen molar-refractivity contribution in [2.24, 2.45) is 10.9 Å². The van der Waals surface area contributed by atoms with Gasteiger partial charge in [-0.2, -0.15) is 5.10 Å². The van der Waals surface area contributed by atoms with Gasteiger partial charge in [-0.25, -0.2) is 9.97 Å². The molecule has 17 nitrogen and oxygen atoms in total. The van der Waals surface area contributed by atoms with E-state index in [0.29, 0.717) is 28.3 Å². The number of aromatic nitrogens is 7. The van der Waals surface area contributed by atoms with Crippen molar-refractivity contribution in [3.8, 4) is 33.3 Å². The largest absolute Gasteiger partial charge is 0.473 e. The quantitative estimate of drug-likeness (QED) is 0.0918.